The normalized spacial score (nSPS) is 13.1. The summed E-state index contributed by atoms with van der Waals surface area (Å²) < 4.78 is 0. The summed E-state index contributed by atoms with van der Waals surface area (Å²) in [5.74, 6) is -0.206. The highest BCUT2D eigenvalue weighted by molar-refractivity contribution is 6.42. The molecule has 6 heteroatoms. The lowest BCUT2D eigenvalue weighted by Crippen LogP contribution is -3.09. The first-order valence-electron chi connectivity index (χ1n) is 8.44. The predicted octanol–water partition coefficient (Wildman–Crippen LogP) is 2.32. The van der Waals surface area contributed by atoms with Crippen molar-refractivity contribution >= 4 is 34.9 Å². The number of amides is 1. The molecule has 0 aliphatic carbocycles. The number of benzene rings is 2. The average molecular weight is 394 g/mol. The number of Topliss-reactive ketones (excluding diaryl/α,β-unsaturated/α-hetero) is 1. The van der Waals surface area contributed by atoms with E-state index in [1.807, 2.05) is 43.4 Å². The molecule has 0 aliphatic rings. The molecule has 0 heterocycles. The van der Waals surface area contributed by atoms with Crippen molar-refractivity contribution in [1.82, 2.24) is 5.32 Å². The van der Waals surface area contributed by atoms with Crippen molar-refractivity contribution in [2.45, 2.75) is 25.9 Å². The van der Waals surface area contributed by atoms with Gasteiger partial charge in [-0.1, -0.05) is 59.6 Å². The van der Waals surface area contributed by atoms with Crippen LogP contribution in [0.25, 0.3) is 0 Å². The van der Waals surface area contributed by atoms with E-state index in [-0.39, 0.29) is 18.2 Å². The summed E-state index contributed by atoms with van der Waals surface area (Å²) in [6, 6.07) is 14.6. The quantitative estimate of drug-likeness (QED) is 0.722. The van der Waals surface area contributed by atoms with Crippen molar-refractivity contribution in [2.75, 3.05) is 13.6 Å². The van der Waals surface area contributed by atoms with Gasteiger partial charge in [0.1, 0.15) is 6.54 Å². The van der Waals surface area contributed by atoms with Gasteiger partial charge in [-0.2, -0.15) is 0 Å². The van der Waals surface area contributed by atoms with Gasteiger partial charge in [0.2, 0.25) is 0 Å². The Morgan fingerprint density at radius 3 is 2.35 bits per heavy atom. The monoisotopic (exact) mass is 393 g/mol. The minimum atomic E-state index is -0.511. The van der Waals surface area contributed by atoms with Crippen LogP contribution in [0.2, 0.25) is 10.0 Å². The number of carbonyl (C=O) groups is 2. The molecule has 1 unspecified atom stereocenters. The van der Waals surface area contributed by atoms with Crippen molar-refractivity contribution in [3.63, 3.8) is 0 Å². The first-order valence-corrected chi connectivity index (χ1v) is 9.19. The highest BCUT2D eigenvalue weighted by Gasteiger charge is 2.20. The smallest absolute Gasteiger partial charge is 0.275 e. The number of halogens is 2. The van der Waals surface area contributed by atoms with Gasteiger partial charge in [-0.15, -0.1) is 0 Å². The molecule has 0 aromatic heterocycles. The van der Waals surface area contributed by atoms with E-state index in [2.05, 4.69) is 5.32 Å². The van der Waals surface area contributed by atoms with E-state index < -0.39 is 6.04 Å². The van der Waals surface area contributed by atoms with Gasteiger partial charge in [0.15, 0.2) is 12.3 Å². The molecular formula is C20H23Cl2N2O2+. The molecular weight excluding hydrogens is 371 g/mol. The van der Waals surface area contributed by atoms with Crippen LogP contribution in [0.3, 0.4) is 0 Å². The fraction of sp³-hybridized carbons (Fsp3) is 0.300. The van der Waals surface area contributed by atoms with Crippen LogP contribution in [0.5, 0.6) is 0 Å². The van der Waals surface area contributed by atoms with Gasteiger partial charge < -0.3 is 10.2 Å². The van der Waals surface area contributed by atoms with Gasteiger partial charge >= 0.3 is 0 Å². The number of ketones is 1. The molecule has 138 valence electrons. The Balaban J connectivity index is 1.90. The summed E-state index contributed by atoms with van der Waals surface area (Å²) in [6.07, 6.45) is 0.494. The number of rotatable bonds is 8. The second-order valence-corrected chi connectivity index (χ2v) is 7.29. The van der Waals surface area contributed by atoms with E-state index in [1.54, 1.807) is 12.1 Å². The lowest BCUT2D eigenvalue weighted by Gasteiger charge is -2.18. The zero-order valence-electron chi connectivity index (χ0n) is 14.9. The van der Waals surface area contributed by atoms with E-state index in [1.165, 1.54) is 6.92 Å². The van der Waals surface area contributed by atoms with Crippen LogP contribution in [0, 0.1) is 0 Å². The zero-order chi connectivity index (χ0) is 19.1. The van der Waals surface area contributed by atoms with Crippen LogP contribution >= 0.6 is 23.2 Å². The van der Waals surface area contributed by atoms with Crippen LogP contribution in [-0.2, 0) is 22.6 Å². The molecule has 0 aliphatic heterocycles. The Morgan fingerprint density at radius 2 is 1.73 bits per heavy atom. The van der Waals surface area contributed by atoms with Gasteiger partial charge in [-0.05, 0) is 31.0 Å². The molecule has 4 nitrogen and oxygen atoms in total. The average Bonchev–Trinajstić information content (AvgIpc) is 2.58. The summed E-state index contributed by atoms with van der Waals surface area (Å²) in [6.45, 7) is 2.40. The van der Waals surface area contributed by atoms with E-state index in [4.69, 9.17) is 23.2 Å². The Kier molecular flexibility index (Phi) is 7.64. The maximum absolute atomic E-state index is 12.3. The third kappa shape index (κ3) is 6.45. The summed E-state index contributed by atoms with van der Waals surface area (Å²) in [5, 5.41) is 3.86. The molecule has 2 aromatic carbocycles. The third-order valence-corrected chi connectivity index (χ3v) is 4.80. The van der Waals surface area contributed by atoms with E-state index in [0.717, 1.165) is 16.0 Å². The van der Waals surface area contributed by atoms with Crippen LogP contribution in [0.1, 0.15) is 18.1 Å². The SMILES string of the molecule is CC(=O)[C@H](Cc1ccccc1)NC(=O)C[NH+](C)Cc1ccc(Cl)c(Cl)c1. The predicted molar refractivity (Wildman–Crippen MR) is 105 cm³/mol. The zero-order valence-corrected chi connectivity index (χ0v) is 16.4. The maximum atomic E-state index is 12.3. The van der Waals surface area contributed by atoms with Crippen LogP contribution < -0.4 is 10.2 Å². The lowest BCUT2D eigenvalue weighted by molar-refractivity contribution is -0.885. The fourth-order valence-electron chi connectivity index (χ4n) is 2.73. The van der Waals surface area contributed by atoms with Crippen molar-refractivity contribution in [3.05, 3.63) is 69.7 Å². The molecule has 0 saturated heterocycles. The molecule has 0 bridgehead atoms. The van der Waals surface area contributed by atoms with Gasteiger partial charge in [-0.25, -0.2) is 0 Å². The molecule has 26 heavy (non-hydrogen) atoms. The van der Waals surface area contributed by atoms with Crippen molar-refractivity contribution in [3.8, 4) is 0 Å². The molecule has 1 amide bonds. The molecule has 2 atom stereocenters. The second-order valence-electron chi connectivity index (χ2n) is 6.48. The van der Waals surface area contributed by atoms with Crippen molar-refractivity contribution in [1.29, 1.82) is 0 Å². The van der Waals surface area contributed by atoms with Gasteiger partial charge in [0, 0.05) is 5.56 Å². The first-order chi connectivity index (χ1) is 12.3. The van der Waals surface area contributed by atoms with Crippen LogP contribution in [-0.4, -0.2) is 31.3 Å². The van der Waals surface area contributed by atoms with Crippen LogP contribution in [0.4, 0.5) is 0 Å². The Labute approximate surface area is 164 Å². The van der Waals surface area contributed by atoms with Crippen LogP contribution in [0.15, 0.2) is 48.5 Å². The number of nitrogens with one attached hydrogen (secondary N) is 2. The largest absolute Gasteiger partial charge is 0.341 e. The Hall–Kier alpha value is -1.88. The molecule has 0 fully saturated rings. The number of quaternary nitrogens is 1. The first kappa shape index (κ1) is 20.4. The molecule has 2 N–H and O–H groups in total. The summed E-state index contributed by atoms with van der Waals surface area (Å²) in [5.41, 5.74) is 2.02. The Morgan fingerprint density at radius 1 is 1.04 bits per heavy atom. The highest BCUT2D eigenvalue weighted by Crippen LogP contribution is 2.22. The minimum absolute atomic E-state index is 0.0515. The number of likely N-dealkylation sites (N-methyl/N-ethyl adjacent to an activating group) is 1. The summed E-state index contributed by atoms with van der Waals surface area (Å²) in [4.78, 5) is 25.2. The fourth-order valence-corrected chi connectivity index (χ4v) is 3.05. The Bertz CT molecular complexity index is 766. The van der Waals surface area contributed by atoms with Gasteiger partial charge in [0.05, 0.1) is 23.1 Å². The third-order valence-electron chi connectivity index (χ3n) is 4.06. The second kappa shape index (κ2) is 9.72. The summed E-state index contributed by atoms with van der Waals surface area (Å²) in [7, 11) is 1.92. The van der Waals surface area contributed by atoms with E-state index in [0.29, 0.717) is 23.0 Å². The highest BCUT2D eigenvalue weighted by atomic mass is 35.5. The van der Waals surface area contributed by atoms with Gasteiger partial charge in [-0.3, -0.25) is 9.59 Å². The topological polar surface area (TPSA) is 50.6 Å². The molecule has 2 rings (SSSR count). The number of carbonyl (C=O) groups excluding carboxylic acids is 2. The molecule has 0 saturated carbocycles. The summed E-state index contributed by atoms with van der Waals surface area (Å²) >= 11 is 11.9. The van der Waals surface area contributed by atoms with Crippen molar-refractivity contribution in [2.24, 2.45) is 0 Å². The minimum Gasteiger partial charge on any atom is -0.341 e. The van der Waals surface area contributed by atoms with E-state index >= 15 is 0 Å². The maximum Gasteiger partial charge on any atom is 0.275 e. The van der Waals surface area contributed by atoms with Gasteiger partial charge in [0.25, 0.3) is 5.91 Å². The molecule has 0 radical (unpaired) electrons. The number of hydrogen-bond donors (Lipinski definition) is 2. The van der Waals surface area contributed by atoms with Crippen molar-refractivity contribution < 1.29 is 14.5 Å². The van der Waals surface area contributed by atoms with E-state index in [9.17, 15) is 9.59 Å². The lowest BCUT2D eigenvalue weighted by atomic mass is 10.0. The molecule has 0 spiro atoms. The standard InChI is InChI=1S/C20H22Cl2N2O2/c1-14(25)19(11-15-6-4-3-5-7-15)23-20(26)13-24(2)12-16-8-9-17(21)18(22)10-16/h3-10,19H,11-13H2,1-2H3,(H,23,26)/p+1/t19-/m0/s1. The number of hydrogen-bond acceptors (Lipinski definition) is 2. The molecule has 2 aromatic rings.